The normalized spacial score (nSPS) is 12.3. The number of rotatable bonds is 7. The molecule has 1 N–H and O–H groups in total. The third-order valence-corrected chi connectivity index (χ3v) is 5.83. The van der Waals surface area contributed by atoms with Crippen molar-refractivity contribution in [1.29, 1.82) is 0 Å². The molecule has 156 valence electrons. The topological polar surface area (TPSA) is 110 Å². The van der Waals surface area contributed by atoms with Crippen molar-refractivity contribution in [3.05, 3.63) is 68.8 Å². The van der Waals surface area contributed by atoms with Crippen molar-refractivity contribution in [2.75, 3.05) is 17.1 Å². The molecule has 2 rings (SSSR count). The molecule has 1 atom stereocenters. The van der Waals surface area contributed by atoms with Gasteiger partial charge in [-0.1, -0.05) is 29.8 Å². The Bertz CT molecular complexity index is 1050. The van der Waals surface area contributed by atoms with Gasteiger partial charge in [0.05, 0.1) is 28.5 Å². The molecule has 8 nitrogen and oxygen atoms in total. The van der Waals surface area contributed by atoms with E-state index in [1.807, 2.05) is 39.0 Å². The van der Waals surface area contributed by atoms with Crippen LogP contribution in [0.15, 0.2) is 36.4 Å². The molecule has 0 unspecified atom stereocenters. The molecule has 9 heteroatoms. The van der Waals surface area contributed by atoms with Gasteiger partial charge in [-0.05, 0) is 44.9 Å². The minimum atomic E-state index is -3.84. The minimum absolute atomic E-state index is 0.108. The Hall–Kier alpha value is -2.94. The molecule has 1 amide bonds. The number of nitro benzene ring substituents is 1. The van der Waals surface area contributed by atoms with E-state index in [0.717, 1.165) is 27.3 Å². The molecule has 2 aromatic carbocycles. The lowest BCUT2D eigenvalue weighted by molar-refractivity contribution is -0.385. The van der Waals surface area contributed by atoms with Crippen LogP contribution in [0.4, 0.5) is 11.4 Å². The zero-order valence-corrected chi connectivity index (χ0v) is 17.9. The van der Waals surface area contributed by atoms with Crippen molar-refractivity contribution in [2.45, 2.75) is 33.7 Å². The zero-order chi connectivity index (χ0) is 21.9. The second-order valence-corrected chi connectivity index (χ2v) is 9.00. The minimum Gasteiger partial charge on any atom is -0.348 e. The number of benzene rings is 2. The quantitative estimate of drug-likeness (QED) is 0.548. The van der Waals surface area contributed by atoms with Crippen molar-refractivity contribution in [3.63, 3.8) is 0 Å². The van der Waals surface area contributed by atoms with Crippen LogP contribution >= 0.6 is 0 Å². The summed E-state index contributed by atoms with van der Waals surface area (Å²) >= 11 is 0. The summed E-state index contributed by atoms with van der Waals surface area (Å²) < 4.78 is 25.6. The van der Waals surface area contributed by atoms with Gasteiger partial charge >= 0.3 is 0 Å². The highest BCUT2D eigenvalue weighted by molar-refractivity contribution is 7.92. The van der Waals surface area contributed by atoms with E-state index in [0.29, 0.717) is 0 Å². The molecule has 29 heavy (non-hydrogen) atoms. The largest absolute Gasteiger partial charge is 0.348 e. The lowest BCUT2D eigenvalue weighted by Crippen LogP contribution is -2.41. The van der Waals surface area contributed by atoms with Crippen LogP contribution in [0.25, 0.3) is 0 Å². The first kappa shape index (κ1) is 22.4. The molecule has 0 saturated carbocycles. The summed E-state index contributed by atoms with van der Waals surface area (Å²) in [5.74, 6) is -0.505. The number of amides is 1. The van der Waals surface area contributed by atoms with Gasteiger partial charge in [-0.15, -0.1) is 0 Å². The predicted molar refractivity (Wildman–Crippen MR) is 112 cm³/mol. The number of sulfonamides is 1. The van der Waals surface area contributed by atoms with E-state index in [2.05, 4.69) is 5.32 Å². The van der Waals surface area contributed by atoms with Crippen LogP contribution in [-0.4, -0.2) is 32.0 Å². The predicted octanol–water partition coefficient (Wildman–Crippen LogP) is 3.16. The van der Waals surface area contributed by atoms with Gasteiger partial charge in [-0.25, -0.2) is 8.42 Å². The smallest absolute Gasteiger partial charge is 0.274 e. The van der Waals surface area contributed by atoms with Crippen molar-refractivity contribution < 1.29 is 18.1 Å². The van der Waals surface area contributed by atoms with Crippen LogP contribution in [0.3, 0.4) is 0 Å². The van der Waals surface area contributed by atoms with Gasteiger partial charge in [0, 0.05) is 6.07 Å². The van der Waals surface area contributed by atoms with Gasteiger partial charge in [-0.3, -0.25) is 19.2 Å². The molecule has 0 aliphatic heterocycles. The lowest BCUT2D eigenvalue weighted by Gasteiger charge is -2.25. The van der Waals surface area contributed by atoms with Crippen molar-refractivity contribution in [2.24, 2.45) is 0 Å². The number of nitrogens with one attached hydrogen (secondary N) is 1. The van der Waals surface area contributed by atoms with Gasteiger partial charge in [0.1, 0.15) is 6.54 Å². The van der Waals surface area contributed by atoms with E-state index >= 15 is 0 Å². The van der Waals surface area contributed by atoms with E-state index in [1.54, 1.807) is 0 Å². The standard InChI is InChI=1S/C20H25N3O5S/c1-13-9-10-14(2)17(11-13)16(4)21-20(24)12-22(29(5,27)28)18-7-6-8-19(15(18)3)23(25)26/h6-11,16H,12H2,1-5H3,(H,21,24)/t16-/m1/s1. The first-order valence-corrected chi connectivity index (χ1v) is 10.8. The highest BCUT2D eigenvalue weighted by Crippen LogP contribution is 2.29. The summed E-state index contributed by atoms with van der Waals surface area (Å²) in [5, 5.41) is 14.0. The average Bonchev–Trinajstić information content (AvgIpc) is 2.61. The van der Waals surface area contributed by atoms with E-state index in [9.17, 15) is 23.3 Å². The molecule has 0 fully saturated rings. The third kappa shape index (κ3) is 5.32. The van der Waals surface area contributed by atoms with E-state index in [4.69, 9.17) is 0 Å². The number of nitro groups is 1. The van der Waals surface area contributed by atoms with Crippen LogP contribution in [0.2, 0.25) is 0 Å². The molecular weight excluding hydrogens is 394 g/mol. The summed E-state index contributed by atoms with van der Waals surface area (Å²) in [5.41, 5.74) is 3.08. The zero-order valence-electron chi connectivity index (χ0n) is 17.1. The molecule has 0 saturated heterocycles. The fourth-order valence-electron chi connectivity index (χ4n) is 3.18. The Kier molecular flexibility index (Phi) is 6.63. The highest BCUT2D eigenvalue weighted by atomic mass is 32.2. The van der Waals surface area contributed by atoms with Crippen LogP contribution in [0, 0.1) is 30.9 Å². The van der Waals surface area contributed by atoms with E-state index in [-0.39, 0.29) is 23.0 Å². The Balaban J connectivity index is 2.30. The molecule has 0 bridgehead atoms. The Morgan fingerprint density at radius 1 is 1.21 bits per heavy atom. The Morgan fingerprint density at radius 2 is 1.86 bits per heavy atom. The Labute approximate surface area is 170 Å². The highest BCUT2D eigenvalue weighted by Gasteiger charge is 2.26. The number of nitrogens with zero attached hydrogens (tertiary/aromatic N) is 2. The number of carbonyl (C=O) groups is 1. The van der Waals surface area contributed by atoms with Gasteiger partial charge < -0.3 is 5.32 Å². The Morgan fingerprint density at radius 3 is 2.45 bits per heavy atom. The van der Waals surface area contributed by atoms with Crippen molar-refractivity contribution in [3.8, 4) is 0 Å². The lowest BCUT2D eigenvalue weighted by atomic mass is 10.00. The first-order chi connectivity index (χ1) is 13.4. The maximum Gasteiger partial charge on any atom is 0.274 e. The number of hydrogen-bond acceptors (Lipinski definition) is 5. The monoisotopic (exact) mass is 419 g/mol. The first-order valence-electron chi connectivity index (χ1n) is 9.00. The summed E-state index contributed by atoms with van der Waals surface area (Å²) in [6.07, 6.45) is 0.965. The van der Waals surface area contributed by atoms with Gasteiger partial charge in [-0.2, -0.15) is 0 Å². The van der Waals surface area contributed by atoms with Crippen LogP contribution < -0.4 is 9.62 Å². The number of hydrogen-bond donors (Lipinski definition) is 1. The molecule has 0 heterocycles. The maximum absolute atomic E-state index is 12.6. The summed E-state index contributed by atoms with van der Waals surface area (Å²) in [6, 6.07) is 9.73. The van der Waals surface area contributed by atoms with Crippen molar-refractivity contribution >= 4 is 27.3 Å². The average molecular weight is 420 g/mol. The van der Waals surface area contributed by atoms with Crippen LogP contribution in [0.1, 0.15) is 35.2 Å². The molecule has 0 spiro atoms. The number of anilines is 1. The van der Waals surface area contributed by atoms with Gasteiger partial charge in [0.15, 0.2) is 0 Å². The summed E-state index contributed by atoms with van der Waals surface area (Å²) in [7, 11) is -3.84. The summed E-state index contributed by atoms with van der Waals surface area (Å²) in [4.78, 5) is 23.2. The van der Waals surface area contributed by atoms with E-state index < -0.39 is 27.4 Å². The maximum atomic E-state index is 12.6. The molecule has 0 aliphatic rings. The fraction of sp³-hybridized carbons (Fsp3) is 0.350. The SMILES string of the molecule is Cc1ccc(C)c([C@@H](C)NC(=O)CN(c2cccc([N+](=O)[O-])c2C)S(C)(=O)=O)c1. The fourth-order valence-corrected chi connectivity index (χ4v) is 4.09. The van der Waals surface area contributed by atoms with Crippen LogP contribution in [-0.2, 0) is 14.8 Å². The van der Waals surface area contributed by atoms with Crippen molar-refractivity contribution in [1.82, 2.24) is 5.32 Å². The second kappa shape index (κ2) is 8.60. The molecule has 0 aliphatic carbocycles. The second-order valence-electron chi connectivity index (χ2n) is 7.10. The van der Waals surface area contributed by atoms with E-state index in [1.165, 1.54) is 25.1 Å². The summed E-state index contributed by atoms with van der Waals surface area (Å²) in [6.45, 7) is 6.70. The van der Waals surface area contributed by atoms with Gasteiger partial charge in [0.2, 0.25) is 15.9 Å². The number of aryl methyl sites for hydroxylation is 2. The van der Waals surface area contributed by atoms with Crippen LogP contribution in [0.5, 0.6) is 0 Å². The molecular formula is C20H25N3O5S. The molecule has 0 aromatic heterocycles. The third-order valence-electron chi connectivity index (χ3n) is 4.71. The van der Waals surface area contributed by atoms with Gasteiger partial charge in [0.25, 0.3) is 5.69 Å². The molecule has 2 aromatic rings. The molecule has 0 radical (unpaired) electrons. The number of carbonyl (C=O) groups excluding carboxylic acids is 1.